The molecule has 0 unspecified atom stereocenters. The number of ether oxygens (including phenoxy) is 1. The van der Waals surface area contributed by atoms with Crippen LogP contribution in [0.2, 0.25) is 0 Å². The molecule has 0 radical (unpaired) electrons. The van der Waals surface area contributed by atoms with Gasteiger partial charge in [-0.3, -0.25) is 0 Å². The molecule has 3 aromatic rings. The summed E-state index contributed by atoms with van der Waals surface area (Å²) in [5, 5.41) is 0. The topological polar surface area (TPSA) is 61.0 Å². The van der Waals surface area contributed by atoms with Crippen LogP contribution in [0.4, 0.5) is 5.69 Å². The number of nitrogens with zero attached hydrogens (tertiary/aromatic N) is 2. The summed E-state index contributed by atoms with van der Waals surface area (Å²) in [6, 6.07) is 13.4. The Balaban J connectivity index is 2.06. The maximum atomic E-state index is 5.93. The normalized spacial score (nSPS) is 10.7. The number of rotatable bonds is 2. The Kier molecular flexibility index (Phi) is 2.99. The number of aromatic nitrogens is 2. The van der Waals surface area contributed by atoms with Gasteiger partial charge in [0.05, 0.1) is 16.7 Å². The van der Waals surface area contributed by atoms with E-state index in [2.05, 4.69) is 9.97 Å². The number of hydrogen-bond acceptors (Lipinski definition) is 4. The highest BCUT2D eigenvalue weighted by Gasteiger charge is 2.09. The van der Waals surface area contributed by atoms with Crippen molar-refractivity contribution in [2.24, 2.45) is 0 Å². The molecule has 0 aliphatic rings. The monoisotopic (exact) mass is 265 g/mol. The molecule has 4 heteroatoms. The van der Waals surface area contributed by atoms with E-state index in [9.17, 15) is 0 Å². The van der Waals surface area contributed by atoms with Gasteiger partial charge < -0.3 is 10.5 Å². The minimum Gasteiger partial charge on any atom is -0.435 e. The third kappa shape index (κ3) is 2.28. The number of aryl methyl sites for hydroxylation is 2. The van der Waals surface area contributed by atoms with Gasteiger partial charge in [0.2, 0.25) is 5.88 Å². The highest BCUT2D eigenvalue weighted by atomic mass is 16.5. The number of fused-ring (bicyclic) bond motifs is 1. The first-order chi connectivity index (χ1) is 9.63. The zero-order valence-electron chi connectivity index (χ0n) is 11.4. The molecule has 0 aliphatic carbocycles. The predicted molar refractivity (Wildman–Crippen MR) is 79.9 cm³/mol. The van der Waals surface area contributed by atoms with Gasteiger partial charge in [0, 0.05) is 0 Å². The molecular weight excluding hydrogens is 250 g/mol. The maximum absolute atomic E-state index is 5.93. The molecule has 0 amide bonds. The van der Waals surface area contributed by atoms with E-state index in [4.69, 9.17) is 10.5 Å². The fourth-order valence-electron chi connectivity index (χ4n) is 2.00. The van der Waals surface area contributed by atoms with Crippen molar-refractivity contribution in [1.82, 2.24) is 9.97 Å². The lowest BCUT2D eigenvalue weighted by atomic mass is 10.2. The van der Waals surface area contributed by atoms with Gasteiger partial charge in [-0.05, 0) is 43.7 Å². The van der Waals surface area contributed by atoms with Crippen molar-refractivity contribution in [3.63, 3.8) is 0 Å². The Morgan fingerprint density at radius 1 is 0.950 bits per heavy atom. The lowest BCUT2D eigenvalue weighted by molar-refractivity contribution is 0.460. The molecule has 2 aromatic carbocycles. The van der Waals surface area contributed by atoms with Crippen LogP contribution in [0, 0.1) is 13.8 Å². The zero-order valence-corrected chi connectivity index (χ0v) is 11.4. The molecule has 0 spiro atoms. The second kappa shape index (κ2) is 4.81. The quantitative estimate of drug-likeness (QED) is 0.719. The number of benzene rings is 2. The summed E-state index contributed by atoms with van der Waals surface area (Å²) in [4.78, 5) is 9.00. The number of nitrogens with two attached hydrogens (primary N) is 1. The molecule has 1 aromatic heterocycles. The van der Waals surface area contributed by atoms with Crippen LogP contribution in [-0.2, 0) is 0 Å². The standard InChI is InChI=1S/C16H15N3O/c1-10-7-8-12(17)15(9-10)20-16-11(2)18-13-5-3-4-6-14(13)19-16/h3-9H,17H2,1-2H3. The van der Waals surface area contributed by atoms with E-state index in [0.717, 1.165) is 22.3 Å². The Labute approximate surface area is 117 Å². The van der Waals surface area contributed by atoms with Crippen LogP contribution in [0.25, 0.3) is 11.0 Å². The molecule has 2 N–H and O–H groups in total. The van der Waals surface area contributed by atoms with Crippen molar-refractivity contribution < 1.29 is 4.74 Å². The van der Waals surface area contributed by atoms with E-state index in [1.165, 1.54) is 0 Å². The molecule has 100 valence electrons. The first-order valence-electron chi connectivity index (χ1n) is 6.41. The number of para-hydroxylation sites is 2. The van der Waals surface area contributed by atoms with Gasteiger partial charge in [0.25, 0.3) is 0 Å². The van der Waals surface area contributed by atoms with Crippen molar-refractivity contribution in [2.75, 3.05) is 5.73 Å². The SMILES string of the molecule is Cc1ccc(N)c(Oc2nc3ccccc3nc2C)c1. The molecule has 0 saturated carbocycles. The first kappa shape index (κ1) is 12.4. The second-order valence-corrected chi connectivity index (χ2v) is 4.75. The third-order valence-electron chi connectivity index (χ3n) is 3.08. The van der Waals surface area contributed by atoms with E-state index in [1.807, 2.05) is 56.3 Å². The summed E-state index contributed by atoms with van der Waals surface area (Å²) in [6.45, 7) is 3.87. The minimum absolute atomic E-state index is 0.487. The summed E-state index contributed by atoms with van der Waals surface area (Å²) >= 11 is 0. The number of hydrogen-bond donors (Lipinski definition) is 1. The predicted octanol–water partition coefficient (Wildman–Crippen LogP) is 3.62. The summed E-state index contributed by atoms with van der Waals surface area (Å²) in [7, 11) is 0. The number of nitrogen functional groups attached to an aromatic ring is 1. The van der Waals surface area contributed by atoms with Crippen molar-refractivity contribution in [3.05, 3.63) is 53.7 Å². The van der Waals surface area contributed by atoms with Gasteiger partial charge in [-0.25, -0.2) is 9.97 Å². The summed E-state index contributed by atoms with van der Waals surface area (Å²) in [5.41, 5.74) is 10.0. The van der Waals surface area contributed by atoms with Crippen LogP contribution in [-0.4, -0.2) is 9.97 Å². The Morgan fingerprint density at radius 3 is 2.40 bits per heavy atom. The van der Waals surface area contributed by atoms with Crippen LogP contribution in [0.3, 0.4) is 0 Å². The van der Waals surface area contributed by atoms with Gasteiger partial charge in [0.1, 0.15) is 5.69 Å². The molecule has 1 heterocycles. The van der Waals surface area contributed by atoms with Crippen LogP contribution in [0.15, 0.2) is 42.5 Å². The summed E-state index contributed by atoms with van der Waals surface area (Å²) in [6.07, 6.45) is 0. The zero-order chi connectivity index (χ0) is 14.1. The lowest BCUT2D eigenvalue weighted by Crippen LogP contribution is -1.98. The van der Waals surface area contributed by atoms with Crippen LogP contribution in [0.5, 0.6) is 11.6 Å². The van der Waals surface area contributed by atoms with Crippen molar-refractivity contribution >= 4 is 16.7 Å². The van der Waals surface area contributed by atoms with Gasteiger partial charge in [-0.15, -0.1) is 0 Å². The first-order valence-corrected chi connectivity index (χ1v) is 6.41. The van der Waals surface area contributed by atoms with Crippen molar-refractivity contribution in [3.8, 4) is 11.6 Å². The second-order valence-electron chi connectivity index (χ2n) is 4.75. The van der Waals surface area contributed by atoms with E-state index in [0.29, 0.717) is 17.3 Å². The van der Waals surface area contributed by atoms with Gasteiger partial charge >= 0.3 is 0 Å². The van der Waals surface area contributed by atoms with Crippen molar-refractivity contribution in [2.45, 2.75) is 13.8 Å². The van der Waals surface area contributed by atoms with Crippen LogP contribution < -0.4 is 10.5 Å². The summed E-state index contributed by atoms with van der Waals surface area (Å²) in [5.74, 6) is 1.10. The van der Waals surface area contributed by atoms with Gasteiger partial charge in [0.15, 0.2) is 5.75 Å². The largest absolute Gasteiger partial charge is 0.435 e. The third-order valence-corrected chi connectivity index (χ3v) is 3.08. The Morgan fingerprint density at radius 2 is 1.65 bits per heavy atom. The van der Waals surface area contributed by atoms with Crippen molar-refractivity contribution in [1.29, 1.82) is 0 Å². The molecule has 0 saturated heterocycles. The maximum Gasteiger partial charge on any atom is 0.241 e. The molecule has 4 nitrogen and oxygen atoms in total. The summed E-state index contributed by atoms with van der Waals surface area (Å²) < 4.78 is 5.83. The van der Waals surface area contributed by atoms with Gasteiger partial charge in [-0.1, -0.05) is 18.2 Å². The van der Waals surface area contributed by atoms with Crippen LogP contribution in [0.1, 0.15) is 11.3 Å². The molecule has 20 heavy (non-hydrogen) atoms. The van der Waals surface area contributed by atoms with E-state index < -0.39 is 0 Å². The average Bonchev–Trinajstić information content (AvgIpc) is 2.43. The number of anilines is 1. The minimum atomic E-state index is 0.487. The average molecular weight is 265 g/mol. The Bertz CT molecular complexity index is 784. The molecular formula is C16H15N3O. The molecule has 0 atom stereocenters. The van der Waals surface area contributed by atoms with E-state index in [1.54, 1.807) is 0 Å². The highest BCUT2D eigenvalue weighted by Crippen LogP contribution is 2.29. The Hall–Kier alpha value is -2.62. The molecule has 0 aliphatic heterocycles. The highest BCUT2D eigenvalue weighted by molar-refractivity contribution is 5.74. The molecule has 3 rings (SSSR count). The van der Waals surface area contributed by atoms with E-state index >= 15 is 0 Å². The van der Waals surface area contributed by atoms with Crippen LogP contribution >= 0.6 is 0 Å². The smallest absolute Gasteiger partial charge is 0.241 e. The molecule has 0 fully saturated rings. The van der Waals surface area contributed by atoms with E-state index in [-0.39, 0.29) is 0 Å². The molecule has 0 bridgehead atoms. The fourth-order valence-corrected chi connectivity index (χ4v) is 2.00. The fraction of sp³-hybridized carbons (Fsp3) is 0.125. The van der Waals surface area contributed by atoms with Gasteiger partial charge in [-0.2, -0.15) is 0 Å². The lowest BCUT2D eigenvalue weighted by Gasteiger charge is -2.10.